The van der Waals surface area contributed by atoms with Crippen LogP contribution in [0, 0.1) is 0 Å². The first-order chi connectivity index (χ1) is 12.2. The summed E-state index contributed by atoms with van der Waals surface area (Å²) in [7, 11) is -3.55. The molecule has 0 heterocycles. The molecular formula is C20H35O4P. The van der Waals surface area contributed by atoms with Gasteiger partial charge in [0.15, 0.2) is 0 Å². The maximum absolute atomic E-state index is 12.9. The van der Waals surface area contributed by atoms with Crippen LogP contribution >= 0.6 is 7.82 Å². The summed E-state index contributed by atoms with van der Waals surface area (Å²) in [5, 5.41) is 0. The van der Waals surface area contributed by atoms with Gasteiger partial charge < -0.3 is 4.52 Å². The average molecular weight is 370 g/mol. The van der Waals surface area contributed by atoms with E-state index in [9.17, 15) is 4.57 Å². The van der Waals surface area contributed by atoms with Gasteiger partial charge in [0.05, 0.1) is 13.2 Å². The summed E-state index contributed by atoms with van der Waals surface area (Å²) in [5.41, 5.74) is 0. The second-order valence-corrected chi connectivity index (χ2v) is 7.94. The Balaban J connectivity index is 2.41. The molecule has 1 aromatic carbocycles. The summed E-state index contributed by atoms with van der Waals surface area (Å²) in [5.74, 6) is 0.516. The van der Waals surface area contributed by atoms with E-state index in [1.54, 1.807) is 12.1 Å². The fraction of sp³-hybridized carbons (Fsp3) is 0.700. The zero-order valence-electron chi connectivity index (χ0n) is 16.0. The highest BCUT2D eigenvalue weighted by Crippen LogP contribution is 2.49. The molecule has 144 valence electrons. The number of phosphoric acid groups is 1. The van der Waals surface area contributed by atoms with Crippen LogP contribution in [-0.2, 0) is 13.6 Å². The molecule has 0 radical (unpaired) electrons. The molecule has 0 saturated heterocycles. The molecule has 25 heavy (non-hydrogen) atoms. The molecule has 0 aliphatic rings. The van der Waals surface area contributed by atoms with Gasteiger partial charge in [0.25, 0.3) is 0 Å². The minimum absolute atomic E-state index is 0.406. The quantitative estimate of drug-likeness (QED) is 0.229. The Bertz CT molecular complexity index is 444. The first-order valence-electron chi connectivity index (χ1n) is 9.84. The number of rotatable bonds is 16. The first-order valence-corrected chi connectivity index (χ1v) is 11.3. The van der Waals surface area contributed by atoms with E-state index in [1.807, 2.05) is 18.2 Å². The number of unbranched alkanes of at least 4 members (excludes halogenated alkanes) is 8. The number of para-hydroxylation sites is 1. The Morgan fingerprint density at radius 1 is 0.720 bits per heavy atom. The van der Waals surface area contributed by atoms with E-state index >= 15 is 0 Å². The van der Waals surface area contributed by atoms with Crippen LogP contribution in [-0.4, -0.2) is 13.2 Å². The molecule has 0 N–H and O–H groups in total. The van der Waals surface area contributed by atoms with Crippen molar-refractivity contribution in [3.63, 3.8) is 0 Å². The van der Waals surface area contributed by atoms with Crippen LogP contribution in [0.15, 0.2) is 30.3 Å². The fourth-order valence-corrected chi connectivity index (χ4v) is 3.73. The van der Waals surface area contributed by atoms with Gasteiger partial charge in [0.1, 0.15) is 5.75 Å². The van der Waals surface area contributed by atoms with Crippen molar-refractivity contribution in [2.24, 2.45) is 0 Å². The molecular weight excluding hydrogens is 335 g/mol. The largest absolute Gasteiger partial charge is 0.530 e. The second-order valence-electron chi connectivity index (χ2n) is 6.35. The lowest BCUT2D eigenvalue weighted by atomic mass is 10.2. The van der Waals surface area contributed by atoms with Crippen molar-refractivity contribution in [2.45, 2.75) is 78.1 Å². The fourth-order valence-electron chi connectivity index (χ4n) is 2.46. The van der Waals surface area contributed by atoms with Crippen molar-refractivity contribution in [1.82, 2.24) is 0 Å². The molecule has 1 aromatic rings. The van der Waals surface area contributed by atoms with Crippen molar-refractivity contribution < 1.29 is 18.1 Å². The third kappa shape index (κ3) is 11.4. The Labute approximate surface area is 153 Å². The predicted molar refractivity (Wildman–Crippen MR) is 104 cm³/mol. The standard InChI is InChI=1S/C20H35O4P/c1-3-5-7-9-14-18-22-25(21,23-19-15-10-8-6-4-2)24-20-16-12-11-13-17-20/h11-13,16-17H,3-10,14-15,18-19H2,1-2H3. The SMILES string of the molecule is CCCCCCCOP(=O)(OCCCCCCC)Oc1ccccc1. The minimum atomic E-state index is -3.55. The number of hydrogen-bond donors (Lipinski definition) is 0. The summed E-state index contributed by atoms with van der Waals surface area (Å²) >= 11 is 0. The van der Waals surface area contributed by atoms with Crippen molar-refractivity contribution in [2.75, 3.05) is 13.2 Å². The smallest absolute Gasteiger partial charge is 0.404 e. The minimum Gasteiger partial charge on any atom is -0.404 e. The summed E-state index contributed by atoms with van der Waals surface area (Å²) in [6, 6.07) is 9.11. The zero-order valence-corrected chi connectivity index (χ0v) is 16.8. The van der Waals surface area contributed by atoms with Crippen LogP contribution in [0.3, 0.4) is 0 Å². The van der Waals surface area contributed by atoms with Crippen molar-refractivity contribution in [1.29, 1.82) is 0 Å². The van der Waals surface area contributed by atoms with E-state index in [1.165, 1.54) is 38.5 Å². The maximum Gasteiger partial charge on any atom is 0.530 e. The third-order valence-electron chi connectivity index (χ3n) is 3.96. The second kappa shape index (κ2) is 14.4. The highest BCUT2D eigenvalue weighted by atomic mass is 31.2. The van der Waals surface area contributed by atoms with Crippen LogP contribution in [0.1, 0.15) is 78.1 Å². The topological polar surface area (TPSA) is 44.8 Å². The predicted octanol–water partition coefficient (Wildman–Crippen LogP) is 7.15. The van der Waals surface area contributed by atoms with Crippen molar-refractivity contribution in [3.8, 4) is 5.75 Å². The molecule has 0 fully saturated rings. The van der Waals surface area contributed by atoms with E-state index < -0.39 is 7.82 Å². The summed E-state index contributed by atoms with van der Waals surface area (Å²) < 4.78 is 29.6. The van der Waals surface area contributed by atoms with Crippen molar-refractivity contribution in [3.05, 3.63) is 30.3 Å². The monoisotopic (exact) mass is 370 g/mol. The van der Waals surface area contributed by atoms with Gasteiger partial charge in [-0.15, -0.1) is 0 Å². The number of benzene rings is 1. The molecule has 0 spiro atoms. The van der Waals surface area contributed by atoms with E-state index in [0.717, 1.165) is 25.7 Å². The Kier molecular flexibility index (Phi) is 12.8. The molecule has 1 rings (SSSR count). The number of hydrogen-bond acceptors (Lipinski definition) is 4. The molecule has 0 bridgehead atoms. The molecule has 0 saturated carbocycles. The van der Waals surface area contributed by atoms with Crippen LogP contribution in [0.25, 0.3) is 0 Å². The van der Waals surface area contributed by atoms with E-state index in [0.29, 0.717) is 19.0 Å². The van der Waals surface area contributed by atoms with Gasteiger partial charge in [-0.1, -0.05) is 83.4 Å². The van der Waals surface area contributed by atoms with Gasteiger partial charge in [-0.3, -0.25) is 9.05 Å². The van der Waals surface area contributed by atoms with Gasteiger partial charge in [-0.25, -0.2) is 4.57 Å². The molecule has 4 nitrogen and oxygen atoms in total. The van der Waals surface area contributed by atoms with Gasteiger partial charge in [0, 0.05) is 0 Å². The lowest BCUT2D eigenvalue weighted by Gasteiger charge is -2.18. The highest BCUT2D eigenvalue weighted by molar-refractivity contribution is 7.48. The van der Waals surface area contributed by atoms with Gasteiger partial charge in [-0.05, 0) is 25.0 Å². The third-order valence-corrected chi connectivity index (χ3v) is 5.39. The van der Waals surface area contributed by atoms with Gasteiger partial charge in [0.2, 0.25) is 0 Å². The molecule has 5 heteroatoms. The van der Waals surface area contributed by atoms with Crippen LogP contribution < -0.4 is 4.52 Å². The summed E-state index contributed by atoms with van der Waals surface area (Å²) in [6.07, 6.45) is 11.1. The molecule has 0 aliphatic heterocycles. The normalized spacial score (nSPS) is 11.6. The summed E-state index contributed by atoms with van der Waals surface area (Å²) in [4.78, 5) is 0. The molecule has 0 aliphatic carbocycles. The van der Waals surface area contributed by atoms with E-state index in [4.69, 9.17) is 13.6 Å². The van der Waals surface area contributed by atoms with Crippen molar-refractivity contribution >= 4 is 7.82 Å². The first kappa shape index (κ1) is 22.2. The molecule has 0 atom stereocenters. The van der Waals surface area contributed by atoms with E-state index in [-0.39, 0.29) is 0 Å². The zero-order chi connectivity index (χ0) is 18.2. The molecule has 0 aromatic heterocycles. The molecule has 0 unspecified atom stereocenters. The van der Waals surface area contributed by atoms with Crippen LogP contribution in [0.4, 0.5) is 0 Å². The lowest BCUT2D eigenvalue weighted by molar-refractivity contribution is 0.150. The number of phosphoric ester groups is 1. The Morgan fingerprint density at radius 3 is 1.68 bits per heavy atom. The molecule has 0 amide bonds. The Hall–Kier alpha value is -0.830. The van der Waals surface area contributed by atoms with Crippen LogP contribution in [0.2, 0.25) is 0 Å². The van der Waals surface area contributed by atoms with Crippen LogP contribution in [0.5, 0.6) is 5.75 Å². The van der Waals surface area contributed by atoms with E-state index in [2.05, 4.69) is 13.8 Å². The maximum atomic E-state index is 12.9. The average Bonchev–Trinajstić information content (AvgIpc) is 2.62. The Morgan fingerprint density at radius 2 is 1.20 bits per heavy atom. The lowest BCUT2D eigenvalue weighted by Crippen LogP contribution is -2.05. The van der Waals surface area contributed by atoms with Gasteiger partial charge in [-0.2, -0.15) is 0 Å². The highest BCUT2D eigenvalue weighted by Gasteiger charge is 2.28. The summed E-state index contributed by atoms with van der Waals surface area (Å²) in [6.45, 7) is 5.19. The van der Waals surface area contributed by atoms with Gasteiger partial charge >= 0.3 is 7.82 Å².